The van der Waals surface area contributed by atoms with Crippen LogP contribution in [0, 0.1) is 19.8 Å². The van der Waals surface area contributed by atoms with E-state index in [-0.39, 0.29) is 0 Å². The van der Waals surface area contributed by atoms with Crippen molar-refractivity contribution in [2.24, 2.45) is 11.7 Å². The van der Waals surface area contributed by atoms with Crippen LogP contribution in [0.15, 0.2) is 23.1 Å². The first kappa shape index (κ1) is 14.5. The Bertz CT molecular complexity index is 555. The second-order valence-electron chi connectivity index (χ2n) is 5.36. The highest BCUT2D eigenvalue weighted by Gasteiger charge is 2.32. The van der Waals surface area contributed by atoms with E-state index in [1.165, 1.54) is 0 Å². The van der Waals surface area contributed by atoms with Gasteiger partial charge in [0.15, 0.2) is 0 Å². The van der Waals surface area contributed by atoms with Crippen LogP contribution in [0.1, 0.15) is 24.0 Å². The molecule has 1 fully saturated rings. The summed E-state index contributed by atoms with van der Waals surface area (Å²) >= 11 is 0. The van der Waals surface area contributed by atoms with Crippen LogP contribution in [0.25, 0.3) is 0 Å². The summed E-state index contributed by atoms with van der Waals surface area (Å²) in [6.07, 6.45) is 1.82. The summed E-state index contributed by atoms with van der Waals surface area (Å²) in [5.41, 5.74) is 7.45. The molecule has 4 nitrogen and oxygen atoms in total. The van der Waals surface area contributed by atoms with Crippen LogP contribution >= 0.6 is 0 Å². The molecule has 1 aromatic carbocycles. The molecule has 0 saturated carbocycles. The van der Waals surface area contributed by atoms with Crippen LogP contribution in [-0.2, 0) is 10.0 Å². The van der Waals surface area contributed by atoms with Gasteiger partial charge in [-0.25, -0.2) is 8.42 Å². The standard InChI is InChI=1S/C14H22N2O2S/c1-11-3-4-14(12(2)9-11)19(17,18)16-8-6-13(10-16)5-7-15/h3-4,9,13H,5-8,10,15H2,1-2H3. The zero-order chi connectivity index (χ0) is 14.0. The Morgan fingerprint density at radius 2 is 2.11 bits per heavy atom. The highest BCUT2D eigenvalue weighted by molar-refractivity contribution is 7.89. The fourth-order valence-corrected chi connectivity index (χ4v) is 4.45. The molecule has 1 atom stereocenters. The van der Waals surface area contributed by atoms with E-state index in [4.69, 9.17) is 5.73 Å². The predicted molar refractivity (Wildman–Crippen MR) is 76.5 cm³/mol. The third kappa shape index (κ3) is 2.99. The SMILES string of the molecule is Cc1ccc(S(=O)(=O)N2CCC(CCN)C2)c(C)c1. The number of hydrogen-bond donors (Lipinski definition) is 1. The van der Waals surface area contributed by atoms with Crippen molar-refractivity contribution >= 4 is 10.0 Å². The van der Waals surface area contributed by atoms with Crippen molar-refractivity contribution in [1.29, 1.82) is 0 Å². The van der Waals surface area contributed by atoms with Crippen LogP contribution < -0.4 is 5.73 Å². The van der Waals surface area contributed by atoms with E-state index in [0.717, 1.165) is 24.0 Å². The fourth-order valence-electron chi connectivity index (χ4n) is 2.71. The molecule has 2 N–H and O–H groups in total. The van der Waals surface area contributed by atoms with Gasteiger partial charge in [-0.1, -0.05) is 17.7 Å². The van der Waals surface area contributed by atoms with Gasteiger partial charge >= 0.3 is 0 Å². The summed E-state index contributed by atoms with van der Waals surface area (Å²) < 4.78 is 26.8. The molecule has 1 heterocycles. The molecule has 1 aromatic rings. The molecule has 1 aliphatic rings. The van der Waals surface area contributed by atoms with Crippen LogP contribution in [0.5, 0.6) is 0 Å². The highest BCUT2D eigenvalue weighted by atomic mass is 32.2. The third-order valence-corrected chi connectivity index (χ3v) is 5.80. The monoisotopic (exact) mass is 282 g/mol. The number of rotatable bonds is 4. The smallest absolute Gasteiger partial charge is 0.243 e. The Labute approximate surface area is 115 Å². The van der Waals surface area contributed by atoms with E-state index in [1.807, 2.05) is 26.0 Å². The predicted octanol–water partition coefficient (Wildman–Crippen LogP) is 1.66. The Hall–Kier alpha value is -0.910. The molecule has 0 bridgehead atoms. The first-order chi connectivity index (χ1) is 8.95. The molecule has 2 rings (SSSR count). The van der Waals surface area contributed by atoms with Gasteiger partial charge in [0.1, 0.15) is 0 Å². The minimum atomic E-state index is -3.34. The molecular formula is C14H22N2O2S. The van der Waals surface area contributed by atoms with Gasteiger partial charge in [-0.05, 0) is 50.8 Å². The molecule has 106 valence electrons. The molecule has 0 radical (unpaired) electrons. The van der Waals surface area contributed by atoms with E-state index in [2.05, 4.69) is 0 Å². The van der Waals surface area contributed by atoms with Crippen molar-refractivity contribution in [3.05, 3.63) is 29.3 Å². The number of aryl methyl sites for hydroxylation is 2. The molecule has 5 heteroatoms. The minimum Gasteiger partial charge on any atom is -0.330 e. The van der Waals surface area contributed by atoms with E-state index in [0.29, 0.717) is 30.4 Å². The van der Waals surface area contributed by atoms with Crippen molar-refractivity contribution in [3.8, 4) is 0 Å². The average Bonchev–Trinajstić information content (AvgIpc) is 2.78. The van der Waals surface area contributed by atoms with Gasteiger partial charge in [0.25, 0.3) is 0 Å². The lowest BCUT2D eigenvalue weighted by Gasteiger charge is -2.18. The number of hydrogen-bond acceptors (Lipinski definition) is 3. The summed E-state index contributed by atoms with van der Waals surface area (Å²) in [5, 5.41) is 0. The summed E-state index contributed by atoms with van der Waals surface area (Å²) in [7, 11) is -3.34. The number of nitrogens with zero attached hydrogens (tertiary/aromatic N) is 1. The molecular weight excluding hydrogens is 260 g/mol. The first-order valence-electron chi connectivity index (χ1n) is 6.72. The summed E-state index contributed by atoms with van der Waals surface area (Å²) in [4.78, 5) is 0.437. The van der Waals surface area contributed by atoms with Crippen LogP contribution in [0.4, 0.5) is 0 Å². The molecule has 0 spiro atoms. The Kier molecular flexibility index (Phi) is 4.28. The van der Waals surface area contributed by atoms with Gasteiger partial charge in [0, 0.05) is 13.1 Å². The van der Waals surface area contributed by atoms with Crippen LogP contribution in [-0.4, -0.2) is 32.4 Å². The summed E-state index contributed by atoms with van der Waals surface area (Å²) in [6, 6.07) is 5.49. The lowest BCUT2D eigenvalue weighted by Crippen LogP contribution is -2.29. The Morgan fingerprint density at radius 3 is 2.74 bits per heavy atom. The topological polar surface area (TPSA) is 63.4 Å². The normalized spacial score (nSPS) is 20.9. The van der Waals surface area contributed by atoms with Crippen molar-refractivity contribution in [3.63, 3.8) is 0 Å². The maximum Gasteiger partial charge on any atom is 0.243 e. The fraction of sp³-hybridized carbons (Fsp3) is 0.571. The van der Waals surface area contributed by atoms with Crippen molar-refractivity contribution in [2.75, 3.05) is 19.6 Å². The number of nitrogens with two attached hydrogens (primary N) is 1. The van der Waals surface area contributed by atoms with Gasteiger partial charge in [-0.2, -0.15) is 4.31 Å². The number of sulfonamides is 1. The van der Waals surface area contributed by atoms with Gasteiger partial charge in [-0.3, -0.25) is 0 Å². The lowest BCUT2D eigenvalue weighted by molar-refractivity contribution is 0.448. The lowest BCUT2D eigenvalue weighted by atomic mass is 10.1. The zero-order valence-corrected chi connectivity index (χ0v) is 12.4. The van der Waals surface area contributed by atoms with E-state index < -0.39 is 10.0 Å². The number of benzene rings is 1. The molecule has 1 saturated heterocycles. The van der Waals surface area contributed by atoms with Crippen molar-refractivity contribution in [2.45, 2.75) is 31.6 Å². The van der Waals surface area contributed by atoms with Gasteiger partial charge < -0.3 is 5.73 Å². The largest absolute Gasteiger partial charge is 0.330 e. The molecule has 0 aromatic heterocycles. The molecule has 0 aliphatic carbocycles. The van der Waals surface area contributed by atoms with Crippen LogP contribution in [0.2, 0.25) is 0 Å². The maximum absolute atomic E-state index is 12.6. The Morgan fingerprint density at radius 1 is 1.37 bits per heavy atom. The molecule has 1 aliphatic heterocycles. The van der Waals surface area contributed by atoms with Crippen LogP contribution in [0.3, 0.4) is 0 Å². The van der Waals surface area contributed by atoms with E-state index in [9.17, 15) is 8.42 Å². The van der Waals surface area contributed by atoms with E-state index in [1.54, 1.807) is 10.4 Å². The zero-order valence-electron chi connectivity index (χ0n) is 11.6. The molecule has 19 heavy (non-hydrogen) atoms. The summed E-state index contributed by atoms with van der Waals surface area (Å²) in [6.45, 7) is 5.67. The first-order valence-corrected chi connectivity index (χ1v) is 8.16. The maximum atomic E-state index is 12.6. The van der Waals surface area contributed by atoms with Gasteiger partial charge in [0.2, 0.25) is 10.0 Å². The third-order valence-electron chi connectivity index (χ3n) is 3.77. The molecule has 1 unspecified atom stereocenters. The quantitative estimate of drug-likeness (QED) is 0.913. The van der Waals surface area contributed by atoms with Crippen molar-refractivity contribution in [1.82, 2.24) is 4.31 Å². The summed E-state index contributed by atoms with van der Waals surface area (Å²) in [5.74, 6) is 0.408. The second kappa shape index (κ2) is 5.61. The van der Waals surface area contributed by atoms with Crippen molar-refractivity contribution < 1.29 is 8.42 Å². The molecule has 0 amide bonds. The average molecular weight is 282 g/mol. The Balaban J connectivity index is 2.23. The second-order valence-corrected chi connectivity index (χ2v) is 7.27. The van der Waals surface area contributed by atoms with E-state index >= 15 is 0 Å². The van der Waals surface area contributed by atoms with Gasteiger partial charge in [0.05, 0.1) is 4.90 Å². The minimum absolute atomic E-state index is 0.408. The highest BCUT2D eigenvalue weighted by Crippen LogP contribution is 2.27. The van der Waals surface area contributed by atoms with Gasteiger partial charge in [-0.15, -0.1) is 0 Å².